The van der Waals surface area contributed by atoms with Crippen LogP contribution in [0.2, 0.25) is 0 Å². The number of hydrogen-bond donors (Lipinski definition) is 3. The van der Waals surface area contributed by atoms with Gasteiger partial charge in [0.25, 0.3) is 5.56 Å². The van der Waals surface area contributed by atoms with Crippen LogP contribution in [-0.4, -0.2) is 33.3 Å². The van der Waals surface area contributed by atoms with Crippen LogP contribution in [0.25, 0.3) is 10.9 Å². The van der Waals surface area contributed by atoms with Gasteiger partial charge in [-0.1, -0.05) is 0 Å². The number of hydrogen-bond acceptors (Lipinski definition) is 5. The topological polar surface area (TPSA) is 89.4 Å². The molecule has 1 heterocycles. The number of aromatic hydroxyl groups is 2. The van der Waals surface area contributed by atoms with Gasteiger partial charge in [-0.2, -0.15) is 0 Å². The summed E-state index contributed by atoms with van der Waals surface area (Å²) in [5, 5.41) is 19.1. The normalized spacial score (nSPS) is 10.8. The molecule has 0 radical (unpaired) electrons. The van der Waals surface area contributed by atoms with Crippen LogP contribution >= 0.6 is 0 Å². The third-order valence-electron chi connectivity index (χ3n) is 2.85. The fourth-order valence-electron chi connectivity index (χ4n) is 1.82. The minimum atomic E-state index is -0.336. The largest absolute Gasteiger partial charge is 0.504 e. The van der Waals surface area contributed by atoms with Gasteiger partial charge in [-0.05, 0) is 19.9 Å². The zero-order valence-corrected chi connectivity index (χ0v) is 10.3. The van der Waals surface area contributed by atoms with Crippen LogP contribution in [0.5, 0.6) is 11.5 Å². The highest BCUT2D eigenvalue weighted by Gasteiger charge is 2.11. The van der Waals surface area contributed by atoms with Crippen LogP contribution in [0.3, 0.4) is 0 Å². The van der Waals surface area contributed by atoms with Gasteiger partial charge in [0.15, 0.2) is 11.5 Å². The molecule has 0 aliphatic carbocycles. The summed E-state index contributed by atoms with van der Waals surface area (Å²) in [7, 11) is 0. The number of phenolic OH excluding ortho intramolecular Hbond substituents is 2. The summed E-state index contributed by atoms with van der Waals surface area (Å²) in [5.41, 5.74) is 0.0214. The average molecular weight is 249 g/mol. The van der Waals surface area contributed by atoms with Crippen molar-refractivity contribution in [2.75, 3.05) is 18.0 Å². The molecule has 3 N–H and O–H groups in total. The van der Waals surface area contributed by atoms with Crippen LogP contribution < -0.4 is 10.5 Å². The summed E-state index contributed by atoms with van der Waals surface area (Å²) >= 11 is 0. The molecule has 18 heavy (non-hydrogen) atoms. The molecule has 0 saturated heterocycles. The van der Waals surface area contributed by atoms with E-state index in [4.69, 9.17) is 0 Å². The maximum atomic E-state index is 11.9. The molecule has 0 saturated carbocycles. The summed E-state index contributed by atoms with van der Waals surface area (Å²) in [6.45, 7) is 5.36. The van der Waals surface area contributed by atoms with Gasteiger partial charge >= 0.3 is 0 Å². The van der Waals surface area contributed by atoms with Crippen molar-refractivity contribution in [3.63, 3.8) is 0 Å². The van der Waals surface area contributed by atoms with Crippen LogP contribution in [0, 0.1) is 0 Å². The van der Waals surface area contributed by atoms with Crippen molar-refractivity contribution in [1.29, 1.82) is 0 Å². The lowest BCUT2D eigenvalue weighted by molar-refractivity contribution is 0.404. The molecule has 0 fully saturated rings. The summed E-state index contributed by atoms with van der Waals surface area (Å²) in [4.78, 5) is 20.7. The molecule has 0 atom stereocenters. The Kier molecular flexibility index (Phi) is 3.10. The monoisotopic (exact) mass is 249 g/mol. The van der Waals surface area contributed by atoms with E-state index in [1.165, 1.54) is 12.1 Å². The fourth-order valence-corrected chi connectivity index (χ4v) is 1.82. The third-order valence-corrected chi connectivity index (χ3v) is 2.85. The smallest absolute Gasteiger partial charge is 0.260 e. The van der Waals surface area contributed by atoms with Gasteiger partial charge in [-0.3, -0.25) is 9.78 Å². The molecule has 6 heteroatoms. The first kappa shape index (κ1) is 12.2. The summed E-state index contributed by atoms with van der Waals surface area (Å²) in [5.74, 6) is -0.154. The summed E-state index contributed by atoms with van der Waals surface area (Å²) < 4.78 is 0. The summed E-state index contributed by atoms with van der Waals surface area (Å²) in [6, 6.07) is 2.50. The first-order valence-electron chi connectivity index (χ1n) is 5.77. The van der Waals surface area contributed by atoms with E-state index >= 15 is 0 Å². The van der Waals surface area contributed by atoms with E-state index < -0.39 is 0 Å². The lowest BCUT2D eigenvalue weighted by Gasteiger charge is -2.19. The molecule has 0 unspecified atom stereocenters. The number of nitrogens with one attached hydrogen (secondary N) is 1. The highest BCUT2D eigenvalue weighted by molar-refractivity contribution is 5.82. The number of aromatic amines is 1. The highest BCUT2D eigenvalue weighted by Crippen LogP contribution is 2.28. The number of benzene rings is 1. The molecule has 0 aliphatic rings. The van der Waals surface area contributed by atoms with E-state index in [1.54, 1.807) is 0 Å². The third kappa shape index (κ3) is 1.97. The van der Waals surface area contributed by atoms with Crippen molar-refractivity contribution in [2.45, 2.75) is 13.8 Å². The predicted octanol–water partition coefficient (Wildman–Crippen LogP) is 1.18. The van der Waals surface area contributed by atoms with Crippen molar-refractivity contribution in [1.82, 2.24) is 9.97 Å². The van der Waals surface area contributed by atoms with E-state index in [-0.39, 0.29) is 22.4 Å². The van der Waals surface area contributed by atoms with Crippen LogP contribution in [0.15, 0.2) is 16.9 Å². The predicted molar refractivity (Wildman–Crippen MR) is 69.3 cm³/mol. The maximum absolute atomic E-state index is 11.9. The Morgan fingerprint density at radius 1 is 1.22 bits per heavy atom. The quantitative estimate of drug-likeness (QED) is 0.711. The van der Waals surface area contributed by atoms with Gasteiger partial charge < -0.3 is 15.1 Å². The number of aromatic nitrogens is 2. The molecule has 1 aromatic carbocycles. The lowest BCUT2D eigenvalue weighted by Crippen LogP contribution is -2.26. The number of anilines is 1. The highest BCUT2D eigenvalue weighted by atomic mass is 16.3. The lowest BCUT2D eigenvalue weighted by atomic mass is 10.2. The van der Waals surface area contributed by atoms with Crippen molar-refractivity contribution in [3.05, 3.63) is 22.5 Å². The Hall–Kier alpha value is -2.24. The molecule has 0 bridgehead atoms. The number of fused-ring (bicyclic) bond motifs is 1. The Morgan fingerprint density at radius 3 is 2.44 bits per heavy atom. The molecule has 0 aliphatic heterocycles. The van der Waals surface area contributed by atoms with Crippen molar-refractivity contribution >= 4 is 16.9 Å². The fraction of sp³-hybridized carbons (Fsp3) is 0.333. The molecular formula is C12H15N3O3. The second-order valence-corrected chi connectivity index (χ2v) is 3.92. The number of phenols is 2. The molecular weight excluding hydrogens is 234 g/mol. The van der Waals surface area contributed by atoms with E-state index in [9.17, 15) is 15.0 Å². The molecule has 0 spiro atoms. The van der Waals surface area contributed by atoms with E-state index in [0.717, 1.165) is 13.1 Å². The van der Waals surface area contributed by atoms with Gasteiger partial charge in [0.1, 0.15) is 0 Å². The second-order valence-electron chi connectivity index (χ2n) is 3.92. The first-order valence-corrected chi connectivity index (χ1v) is 5.77. The van der Waals surface area contributed by atoms with E-state index in [0.29, 0.717) is 11.5 Å². The van der Waals surface area contributed by atoms with Crippen molar-refractivity contribution in [2.24, 2.45) is 0 Å². The molecule has 2 rings (SSSR count). The average Bonchev–Trinajstić information content (AvgIpc) is 2.33. The number of H-pyrrole nitrogens is 1. The van der Waals surface area contributed by atoms with Gasteiger partial charge in [-0.15, -0.1) is 0 Å². The maximum Gasteiger partial charge on any atom is 0.260 e. The van der Waals surface area contributed by atoms with Gasteiger partial charge in [-0.25, -0.2) is 4.98 Å². The molecule has 6 nitrogen and oxygen atoms in total. The Balaban J connectivity index is 2.69. The molecule has 96 valence electrons. The van der Waals surface area contributed by atoms with Gasteiger partial charge in [0.2, 0.25) is 5.95 Å². The standard InChI is InChI=1S/C12H15N3O3/c1-3-15(4-2)12-13-8-6-10(17)9(16)5-7(8)11(18)14-12/h5-6,16-17H,3-4H2,1-2H3,(H,13,14,18). The number of rotatable bonds is 3. The zero-order chi connectivity index (χ0) is 13.3. The Bertz CT molecular complexity index is 632. The minimum Gasteiger partial charge on any atom is -0.504 e. The second kappa shape index (κ2) is 4.56. The SMILES string of the molecule is CCN(CC)c1nc2cc(O)c(O)cc2c(=O)[nH]1. The number of nitrogens with zero attached hydrogens (tertiary/aromatic N) is 2. The van der Waals surface area contributed by atoms with Gasteiger partial charge in [0.05, 0.1) is 10.9 Å². The Labute approximate surface area is 104 Å². The molecule has 2 aromatic rings. The van der Waals surface area contributed by atoms with Gasteiger partial charge in [0, 0.05) is 19.2 Å². The summed E-state index contributed by atoms with van der Waals surface area (Å²) in [6.07, 6.45) is 0. The van der Waals surface area contributed by atoms with Crippen LogP contribution in [-0.2, 0) is 0 Å². The molecule has 0 amide bonds. The van der Waals surface area contributed by atoms with Crippen molar-refractivity contribution in [3.8, 4) is 11.5 Å². The van der Waals surface area contributed by atoms with E-state index in [2.05, 4.69) is 9.97 Å². The minimum absolute atomic E-state index is 0.251. The molecule has 1 aromatic heterocycles. The zero-order valence-electron chi connectivity index (χ0n) is 10.3. The van der Waals surface area contributed by atoms with Crippen LogP contribution in [0.1, 0.15) is 13.8 Å². The Morgan fingerprint density at radius 2 is 1.83 bits per heavy atom. The van der Waals surface area contributed by atoms with E-state index in [1.807, 2.05) is 18.7 Å². The van der Waals surface area contributed by atoms with Crippen LogP contribution in [0.4, 0.5) is 5.95 Å². The van der Waals surface area contributed by atoms with Crippen molar-refractivity contribution < 1.29 is 10.2 Å². The first-order chi connectivity index (χ1) is 8.56.